The third-order valence-corrected chi connectivity index (χ3v) is 5.17. The van der Waals surface area contributed by atoms with Gasteiger partial charge in [-0.1, -0.05) is 24.3 Å². The van der Waals surface area contributed by atoms with Gasteiger partial charge in [-0.3, -0.25) is 4.68 Å². The fourth-order valence-corrected chi connectivity index (χ4v) is 3.69. The molecular weight excluding hydrogens is 338 g/mol. The van der Waals surface area contributed by atoms with Crippen molar-refractivity contribution in [3.8, 4) is 11.6 Å². The Morgan fingerprint density at radius 2 is 1.78 bits per heavy atom. The molecule has 142 valence electrons. The fraction of sp³-hybridized carbons (Fsp3) is 0.409. The molecule has 0 bridgehead atoms. The van der Waals surface area contributed by atoms with Gasteiger partial charge in [0, 0.05) is 6.54 Å². The summed E-state index contributed by atoms with van der Waals surface area (Å²) in [7, 11) is 1.68. The Labute approximate surface area is 160 Å². The Morgan fingerprint density at radius 1 is 1.00 bits per heavy atom. The Balaban J connectivity index is 1.44. The van der Waals surface area contributed by atoms with Crippen molar-refractivity contribution in [1.82, 2.24) is 14.7 Å². The predicted molar refractivity (Wildman–Crippen MR) is 108 cm³/mol. The minimum atomic E-state index is 0.708. The number of hydrogen-bond donors (Lipinski definition) is 0. The summed E-state index contributed by atoms with van der Waals surface area (Å²) >= 11 is 0. The quantitative estimate of drug-likeness (QED) is 0.567. The average Bonchev–Trinajstić information content (AvgIpc) is 3.35. The molecule has 1 aromatic heterocycles. The fourth-order valence-electron chi connectivity index (χ4n) is 3.69. The van der Waals surface area contributed by atoms with E-state index in [-0.39, 0.29) is 0 Å². The summed E-state index contributed by atoms with van der Waals surface area (Å²) in [6.07, 6.45) is 3.71. The van der Waals surface area contributed by atoms with E-state index >= 15 is 0 Å². The van der Waals surface area contributed by atoms with E-state index in [1.54, 1.807) is 7.11 Å². The van der Waals surface area contributed by atoms with Crippen molar-refractivity contribution in [2.24, 2.45) is 0 Å². The van der Waals surface area contributed by atoms with Crippen LogP contribution in [0.5, 0.6) is 11.6 Å². The SMILES string of the molecule is COc1ccc(Cn2nc(OCCCN3CCCC3)c3ccccc32)cc1. The first-order chi connectivity index (χ1) is 13.3. The molecule has 1 aliphatic rings. The van der Waals surface area contributed by atoms with Crippen LogP contribution < -0.4 is 9.47 Å². The van der Waals surface area contributed by atoms with E-state index in [0.717, 1.165) is 35.5 Å². The lowest BCUT2D eigenvalue weighted by atomic mass is 10.2. The topological polar surface area (TPSA) is 39.5 Å². The van der Waals surface area contributed by atoms with Crippen LogP contribution in [0.15, 0.2) is 48.5 Å². The molecule has 0 spiro atoms. The van der Waals surface area contributed by atoms with Crippen LogP contribution in [0.3, 0.4) is 0 Å². The first-order valence-corrected chi connectivity index (χ1v) is 9.77. The van der Waals surface area contributed by atoms with Crippen LogP contribution in [0.25, 0.3) is 10.9 Å². The highest BCUT2D eigenvalue weighted by atomic mass is 16.5. The molecule has 0 aliphatic carbocycles. The first kappa shape index (κ1) is 17.9. The van der Waals surface area contributed by atoms with Crippen LogP contribution in [0.4, 0.5) is 0 Å². The number of fused-ring (bicyclic) bond motifs is 1. The number of hydrogen-bond acceptors (Lipinski definition) is 4. The highest BCUT2D eigenvalue weighted by molar-refractivity contribution is 5.84. The molecule has 2 aromatic carbocycles. The molecule has 4 rings (SSSR count). The smallest absolute Gasteiger partial charge is 0.240 e. The van der Waals surface area contributed by atoms with Gasteiger partial charge in [-0.2, -0.15) is 0 Å². The second-order valence-corrected chi connectivity index (χ2v) is 7.08. The van der Waals surface area contributed by atoms with Crippen LogP contribution in [-0.2, 0) is 6.54 Å². The lowest BCUT2D eigenvalue weighted by Crippen LogP contribution is -2.22. The third kappa shape index (κ3) is 4.25. The summed E-state index contributed by atoms with van der Waals surface area (Å²) in [5, 5.41) is 5.82. The van der Waals surface area contributed by atoms with Crippen molar-refractivity contribution in [1.29, 1.82) is 0 Å². The van der Waals surface area contributed by atoms with E-state index in [0.29, 0.717) is 13.2 Å². The zero-order chi connectivity index (χ0) is 18.5. The molecule has 0 N–H and O–H groups in total. The summed E-state index contributed by atoms with van der Waals surface area (Å²) in [5.74, 6) is 1.60. The molecule has 1 saturated heterocycles. The van der Waals surface area contributed by atoms with Gasteiger partial charge in [0.15, 0.2) is 0 Å². The third-order valence-electron chi connectivity index (χ3n) is 5.17. The highest BCUT2D eigenvalue weighted by Crippen LogP contribution is 2.26. The Hall–Kier alpha value is -2.53. The van der Waals surface area contributed by atoms with Crippen LogP contribution in [0.1, 0.15) is 24.8 Å². The van der Waals surface area contributed by atoms with Crippen LogP contribution in [0.2, 0.25) is 0 Å². The van der Waals surface area contributed by atoms with Crippen molar-refractivity contribution < 1.29 is 9.47 Å². The van der Waals surface area contributed by atoms with Gasteiger partial charge >= 0.3 is 0 Å². The summed E-state index contributed by atoms with van der Waals surface area (Å²) in [6.45, 7) is 5.00. The van der Waals surface area contributed by atoms with E-state index in [4.69, 9.17) is 14.6 Å². The Kier molecular flexibility index (Phi) is 5.58. The first-order valence-electron chi connectivity index (χ1n) is 9.77. The largest absolute Gasteiger partial charge is 0.497 e. The number of ether oxygens (including phenoxy) is 2. The van der Waals surface area contributed by atoms with Gasteiger partial charge in [-0.05, 0) is 62.2 Å². The standard InChI is InChI=1S/C22H27N3O2/c1-26-19-11-9-18(10-12-19)17-25-21-8-3-2-7-20(21)22(23-25)27-16-6-15-24-13-4-5-14-24/h2-3,7-12H,4-6,13-17H2,1H3. The van der Waals surface area contributed by atoms with Crippen LogP contribution >= 0.6 is 0 Å². The van der Waals surface area contributed by atoms with Crippen molar-refractivity contribution in [3.05, 3.63) is 54.1 Å². The molecule has 2 heterocycles. The van der Waals surface area contributed by atoms with Crippen molar-refractivity contribution in [2.75, 3.05) is 33.4 Å². The predicted octanol–water partition coefficient (Wildman–Crippen LogP) is 3.96. The normalized spacial score (nSPS) is 14.7. The Bertz CT molecular complexity index is 867. The molecule has 5 nitrogen and oxygen atoms in total. The molecule has 1 fully saturated rings. The monoisotopic (exact) mass is 365 g/mol. The molecule has 0 unspecified atom stereocenters. The van der Waals surface area contributed by atoms with Gasteiger partial charge in [0.25, 0.3) is 0 Å². The number of methoxy groups -OCH3 is 1. The van der Waals surface area contributed by atoms with Crippen molar-refractivity contribution >= 4 is 10.9 Å². The number of para-hydroxylation sites is 1. The minimum Gasteiger partial charge on any atom is -0.497 e. The number of aromatic nitrogens is 2. The molecule has 5 heteroatoms. The molecule has 3 aromatic rings. The zero-order valence-electron chi connectivity index (χ0n) is 15.9. The number of likely N-dealkylation sites (tertiary alicyclic amines) is 1. The lowest BCUT2D eigenvalue weighted by Gasteiger charge is -2.13. The van der Waals surface area contributed by atoms with E-state index < -0.39 is 0 Å². The molecule has 0 saturated carbocycles. The summed E-state index contributed by atoms with van der Waals surface area (Å²) in [5.41, 5.74) is 2.28. The molecular formula is C22H27N3O2. The van der Waals surface area contributed by atoms with Gasteiger partial charge in [0.1, 0.15) is 5.75 Å². The second-order valence-electron chi connectivity index (χ2n) is 7.08. The van der Waals surface area contributed by atoms with E-state index in [1.807, 2.05) is 28.9 Å². The zero-order valence-corrected chi connectivity index (χ0v) is 15.9. The molecule has 1 aliphatic heterocycles. The maximum absolute atomic E-state index is 6.06. The van der Waals surface area contributed by atoms with Crippen LogP contribution in [-0.4, -0.2) is 48.0 Å². The molecule has 0 amide bonds. The molecule has 0 radical (unpaired) electrons. The second kappa shape index (κ2) is 8.44. The van der Waals surface area contributed by atoms with Crippen molar-refractivity contribution in [3.63, 3.8) is 0 Å². The highest BCUT2D eigenvalue weighted by Gasteiger charge is 2.13. The summed E-state index contributed by atoms with van der Waals surface area (Å²) in [6, 6.07) is 16.4. The van der Waals surface area contributed by atoms with Crippen molar-refractivity contribution in [2.45, 2.75) is 25.8 Å². The summed E-state index contributed by atoms with van der Waals surface area (Å²) < 4.78 is 13.3. The van der Waals surface area contributed by atoms with E-state index in [1.165, 1.54) is 31.5 Å². The minimum absolute atomic E-state index is 0.708. The Morgan fingerprint density at radius 3 is 2.56 bits per heavy atom. The average molecular weight is 365 g/mol. The van der Waals surface area contributed by atoms with Gasteiger partial charge < -0.3 is 14.4 Å². The van der Waals surface area contributed by atoms with Gasteiger partial charge in [0.05, 0.1) is 31.2 Å². The van der Waals surface area contributed by atoms with Gasteiger partial charge in [-0.25, -0.2) is 0 Å². The van der Waals surface area contributed by atoms with Gasteiger partial charge in [0.2, 0.25) is 5.88 Å². The number of benzene rings is 2. The molecule has 27 heavy (non-hydrogen) atoms. The van der Waals surface area contributed by atoms with E-state index in [2.05, 4.69) is 29.2 Å². The number of rotatable bonds is 8. The van der Waals surface area contributed by atoms with Crippen LogP contribution in [0, 0.1) is 0 Å². The summed E-state index contributed by atoms with van der Waals surface area (Å²) in [4.78, 5) is 2.52. The maximum Gasteiger partial charge on any atom is 0.240 e. The lowest BCUT2D eigenvalue weighted by molar-refractivity contribution is 0.257. The molecule has 0 atom stereocenters. The van der Waals surface area contributed by atoms with E-state index in [9.17, 15) is 0 Å². The maximum atomic E-state index is 6.06. The van der Waals surface area contributed by atoms with Gasteiger partial charge in [-0.15, -0.1) is 5.10 Å². The number of nitrogens with zero attached hydrogens (tertiary/aromatic N) is 3.